The maximum atomic E-state index is 12.2. The Balaban J connectivity index is 1.58. The molecule has 3 nitrogen and oxygen atoms in total. The van der Waals surface area contributed by atoms with E-state index < -0.39 is 0 Å². The van der Waals surface area contributed by atoms with Gasteiger partial charge >= 0.3 is 0 Å². The fourth-order valence-corrected chi connectivity index (χ4v) is 3.18. The minimum absolute atomic E-state index is 0.113. The van der Waals surface area contributed by atoms with Gasteiger partial charge in [-0.3, -0.25) is 4.79 Å². The molecule has 0 saturated carbocycles. The molecule has 0 radical (unpaired) electrons. The molecule has 0 aliphatic carbocycles. The van der Waals surface area contributed by atoms with E-state index in [4.69, 9.17) is 0 Å². The zero-order valence-corrected chi connectivity index (χ0v) is 13.2. The summed E-state index contributed by atoms with van der Waals surface area (Å²) < 4.78 is 0. The van der Waals surface area contributed by atoms with Crippen molar-refractivity contribution in [3.8, 4) is 0 Å². The highest BCUT2D eigenvalue weighted by molar-refractivity contribution is 5.85. The Kier molecular flexibility index (Phi) is 4.44. The Morgan fingerprint density at radius 3 is 2.82 bits per heavy atom. The average molecular weight is 296 g/mol. The van der Waals surface area contributed by atoms with Crippen LogP contribution in [0.1, 0.15) is 25.3 Å². The topological polar surface area (TPSA) is 41.1 Å². The summed E-state index contributed by atoms with van der Waals surface area (Å²) in [6, 6.07) is 14.5. The van der Waals surface area contributed by atoms with Crippen LogP contribution >= 0.6 is 0 Å². The minimum atomic E-state index is 0.113. The van der Waals surface area contributed by atoms with Crippen LogP contribution < -0.4 is 10.6 Å². The Labute approximate surface area is 132 Å². The number of fused-ring (bicyclic) bond motifs is 1. The molecule has 0 aromatic heterocycles. The average Bonchev–Trinajstić information content (AvgIpc) is 2.54. The van der Waals surface area contributed by atoms with Gasteiger partial charge in [0.1, 0.15) is 0 Å². The lowest BCUT2D eigenvalue weighted by molar-refractivity contribution is -0.121. The molecule has 2 aromatic rings. The fourth-order valence-electron chi connectivity index (χ4n) is 3.18. The minimum Gasteiger partial charge on any atom is -0.355 e. The van der Waals surface area contributed by atoms with Gasteiger partial charge in [0, 0.05) is 13.1 Å². The van der Waals surface area contributed by atoms with Crippen molar-refractivity contribution in [1.29, 1.82) is 0 Å². The van der Waals surface area contributed by atoms with Crippen LogP contribution in [0.25, 0.3) is 10.8 Å². The number of nitrogens with one attached hydrogen (secondary N) is 2. The summed E-state index contributed by atoms with van der Waals surface area (Å²) >= 11 is 0. The van der Waals surface area contributed by atoms with Crippen LogP contribution in [0.5, 0.6) is 0 Å². The van der Waals surface area contributed by atoms with Crippen LogP contribution in [0.3, 0.4) is 0 Å². The van der Waals surface area contributed by atoms with Gasteiger partial charge in [0.2, 0.25) is 5.91 Å². The monoisotopic (exact) mass is 296 g/mol. The maximum absolute atomic E-state index is 12.2. The molecule has 1 heterocycles. The van der Waals surface area contributed by atoms with E-state index >= 15 is 0 Å². The molecule has 116 valence electrons. The lowest BCUT2D eigenvalue weighted by Gasteiger charge is -2.34. The van der Waals surface area contributed by atoms with Gasteiger partial charge in [-0.15, -0.1) is 0 Å². The Morgan fingerprint density at radius 2 is 2.05 bits per heavy atom. The summed E-state index contributed by atoms with van der Waals surface area (Å²) in [5, 5.41) is 8.93. The quantitative estimate of drug-likeness (QED) is 0.911. The zero-order chi connectivity index (χ0) is 15.4. The number of carbonyl (C=O) groups excluding carboxylic acids is 1. The maximum Gasteiger partial charge on any atom is 0.224 e. The van der Waals surface area contributed by atoms with E-state index in [1.165, 1.54) is 23.6 Å². The lowest BCUT2D eigenvalue weighted by Crippen LogP contribution is -2.45. The first-order chi connectivity index (χ1) is 10.6. The first-order valence-corrected chi connectivity index (χ1v) is 8.10. The first-order valence-electron chi connectivity index (χ1n) is 8.10. The molecule has 2 aromatic carbocycles. The van der Waals surface area contributed by atoms with E-state index in [1.807, 2.05) is 18.2 Å². The van der Waals surface area contributed by atoms with Crippen molar-refractivity contribution >= 4 is 16.7 Å². The van der Waals surface area contributed by atoms with Crippen LogP contribution in [0, 0.1) is 5.41 Å². The third-order valence-corrected chi connectivity index (χ3v) is 4.58. The molecule has 1 fully saturated rings. The Hall–Kier alpha value is -1.87. The van der Waals surface area contributed by atoms with Gasteiger partial charge in [0.05, 0.1) is 6.42 Å². The molecule has 22 heavy (non-hydrogen) atoms. The number of benzene rings is 2. The SMILES string of the molecule is CC1(CNC(=O)Cc2ccc3ccccc3c2)CCCNC1. The molecule has 1 amide bonds. The molecule has 2 N–H and O–H groups in total. The van der Waals surface area contributed by atoms with Gasteiger partial charge in [0.25, 0.3) is 0 Å². The van der Waals surface area contributed by atoms with Crippen molar-refractivity contribution < 1.29 is 4.79 Å². The molecule has 1 atom stereocenters. The van der Waals surface area contributed by atoms with Crippen LogP contribution in [-0.4, -0.2) is 25.5 Å². The van der Waals surface area contributed by atoms with Crippen LogP contribution in [-0.2, 0) is 11.2 Å². The Bertz CT molecular complexity index is 659. The van der Waals surface area contributed by atoms with E-state index in [0.29, 0.717) is 6.42 Å². The zero-order valence-electron chi connectivity index (χ0n) is 13.2. The Morgan fingerprint density at radius 1 is 1.23 bits per heavy atom. The van der Waals surface area contributed by atoms with Crippen molar-refractivity contribution in [1.82, 2.24) is 10.6 Å². The third-order valence-electron chi connectivity index (χ3n) is 4.58. The largest absolute Gasteiger partial charge is 0.355 e. The summed E-state index contributed by atoms with van der Waals surface area (Å²) in [7, 11) is 0. The molecule has 3 heteroatoms. The van der Waals surface area contributed by atoms with Gasteiger partial charge in [-0.2, -0.15) is 0 Å². The number of carbonyl (C=O) groups is 1. The van der Waals surface area contributed by atoms with Gasteiger partial charge in [-0.25, -0.2) is 0 Å². The van der Waals surface area contributed by atoms with Gasteiger partial charge < -0.3 is 10.6 Å². The number of amides is 1. The van der Waals surface area contributed by atoms with E-state index in [0.717, 1.165) is 25.2 Å². The van der Waals surface area contributed by atoms with Crippen LogP contribution in [0.2, 0.25) is 0 Å². The first kappa shape index (κ1) is 15.0. The van der Waals surface area contributed by atoms with E-state index in [-0.39, 0.29) is 11.3 Å². The van der Waals surface area contributed by atoms with E-state index in [9.17, 15) is 4.79 Å². The van der Waals surface area contributed by atoms with E-state index in [2.05, 4.69) is 41.8 Å². The highest BCUT2D eigenvalue weighted by atomic mass is 16.1. The van der Waals surface area contributed by atoms with Gasteiger partial charge in [0.15, 0.2) is 0 Å². The predicted octanol–water partition coefficient (Wildman–Crippen LogP) is 2.89. The van der Waals surface area contributed by atoms with E-state index in [1.54, 1.807) is 0 Å². The molecule has 0 bridgehead atoms. The van der Waals surface area contributed by atoms with Gasteiger partial charge in [-0.05, 0) is 41.1 Å². The summed E-state index contributed by atoms with van der Waals surface area (Å²) in [4.78, 5) is 12.2. The second kappa shape index (κ2) is 6.49. The summed E-state index contributed by atoms with van der Waals surface area (Å²) in [6.07, 6.45) is 2.82. The molecule has 1 unspecified atom stereocenters. The standard InChI is InChI=1S/C19H24N2O/c1-19(9-4-10-20-13-19)14-21-18(22)12-15-7-8-16-5-2-3-6-17(16)11-15/h2-3,5-8,11,20H,4,9-10,12-14H2,1H3,(H,21,22). The summed E-state index contributed by atoms with van der Waals surface area (Å²) in [5.74, 6) is 0.113. The third kappa shape index (κ3) is 3.66. The molecule has 3 rings (SSSR count). The van der Waals surface area contributed by atoms with Crippen molar-refractivity contribution in [2.45, 2.75) is 26.2 Å². The normalized spacial score (nSPS) is 21.7. The molecule has 1 saturated heterocycles. The smallest absolute Gasteiger partial charge is 0.224 e. The predicted molar refractivity (Wildman–Crippen MR) is 90.9 cm³/mol. The van der Waals surface area contributed by atoms with Crippen molar-refractivity contribution in [3.63, 3.8) is 0 Å². The number of hydrogen-bond donors (Lipinski definition) is 2. The van der Waals surface area contributed by atoms with Crippen LogP contribution in [0.4, 0.5) is 0 Å². The van der Waals surface area contributed by atoms with Crippen molar-refractivity contribution in [3.05, 3.63) is 48.0 Å². The number of piperidine rings is 1. The summed E-state index contributed by atoms with van der Waals surface area (Å²) in [6.45, 7) is 5.09. The van der Waals surface area contributed by atoms with Crippen LogP contribution in [0.15, 0.2) is 42.5 Å². The second-order valence-corrected chi connectivity index (χ2v) is 6.73. The van der Waals surface area contributed by atoms with Gasteiger partial charge in [-0.1, -0.05) is 49.4 Å². The second-order valence-electron chi connectivity index (χ2n) is 6.73. The molecular formula is C19H24N2O. The molecule has 1 aliphatic rings. The highest BCUT2D eigenvalue weighted by Crippen LogP contribution is 2.24. The van der Waals surface area contributed by atoms with Crippen molar-refractivity contribution in [2.24, 2.45) is 5.41 Å². The lowest BCUT2D eigenvalue weighted by atomic mass is 9.83. The fraction of sp³-hybridized carbons (Fsp3) is 0.421. The molecule has 1 aliphatic heterocycles. The number of rotatable bonds is 4. The van der Waals surface area contributed by atoms with Crippen molar-refractivity contribution in [2.75, 3.05) is 19.6 Å². The summed E-state index contributed by atoms with van der Waals surface area (Å²) in [5.41, 5.74) is 1.26. The molecule has 0 spiro atoms. The highest BCUT2D eigenvalue weighted by Gasteiger charge is 2.26. The molecular weight excluding hydrogens is 272 g/mol. The number of hydrogen-bond acceptors (Lipinski definition) is 2.